The van der Waals surface area contributed by atoms with Crippen molar-refractivity contribution in [2.24, 2.45) is 5.92 Å². The van der Waals surface area contributed by atoms with Gasteiger partial charge in [-0.25, -0.2) is 9.97 Å². The maximum Gasteiger partial charge on any atom is 0.239 e. The summed E-state index contributed by atoms with van der Waals surface area (Å²) >= 11 is 6.00. The van der Waals surface area contributed by atoms with Crippen LogP contribution in [0.4, 0.5) is 5.82 Å². The Morgan fingerprint density at radius 3 is 2.55 bits per heavy atom. The Hall–Kier alpha value is -1.36. The van der Waals surface area contributed by atoms with Crippen LogP contribution in [0.15, 0.2) is 6.07 Å². The Labute approximate surface area is 125 Å². The molecule has 1 N–H and O–H groups in total. The van der Waals surface area contributed by atoms with E-state index in [-0.39, 0.29) is 18.4 Å². The first kappa shape index (κ1) is 16.7. The Balaban J connectivity index is 2.72. The zero-order valence-electron chi connectivity index (χ0n) is 12.8. The van der Waals surface area contributed by atoms with E-state index in [2.05, 4.69) is 29.1 Å². The summed E-state index contributed by atoms with van der Waals surface area (Å²) in [6, 6.07) is 1.67. The van der Waals surface area contributed by atoms with Crippen molar-refractivity contribution in [2.75, 3.05) is 25.0 Å². The molecule has 1 rings (SSSR count). The van der Waals surface area contributed by atoms with Gasteiger partial charge in [-0.05, 0) is 5.92 Å². The van der Waals surface area contributed by atoms with E-state index in [1.165, 1.54) is 0 Å². The Morgan fingerprint density at radius 2 is 2.00 bits per heavy atom. The van der Waals surface area contributed by atoms with E-state index in [1.54, 1.807) is 11.0 Å². The first-order chi connectivity index (χ1) is 9.29. The zero-order chi connectivity index (χ0) is 15.3. The van der Waals surface area contributed by atoms with Crippen molar-refractivity contribution in [3.63, 3.8) is 0 Å². The minimum absolute atomic E-state index is 0.0259. The van der Waals surface area contributed by atoms with Gasteiger partial charge in [0.15, 0.2) is 0 Å². The number of hydrogen-bond donors (Lipinski definition) is 1. The highest BCUT2D eigenvalue weighted by atomic mass is 35.5. The van der Waals surface area contributed by atoms with Crippen molar-refractivity contribution in [1.82, 2.24) is 15.3 Å². The van der Waals surface area contributed by atoms with Crippen LogP contribution in [0.1, 0.15) is 39.4 Å². The summed E-state index contributed by atoms with van der Waals surface area (Å²) < 4.78 is 0. The molecule has 0 aliphatic rings. The van der Waals surface area contributed by atoms with Crippen molar-refractivity contribution in [1.29, 1.82) is 0 Å². The zero-order valence-corrected chi connectivity index (χ0v) is 13.5. The van der Waals surface area contributed by atoms with Gasteiger partial charge in [0.25, 0.3) is 0 Å². The van der Waals surface area contributed by atoms with E-state index >= 15 is 0 Å². The van der Waals surface area contributed by atoms with Crippen LogP contribution in [0.5, 0.6) is 0 Å². The summed E-state index contributed by atoms with van der Waals surface area (Å²) in [5.74, 6) is 1.94. The Kier molecular flexibility index (Phi) is 6.20. The van der Waals surface area contributed by atoms with Gasteiger partial charge in [0.05, 0.1) is 6.54 Å². The normalized spacial score (nSPS) is 11.0. The van der Waals surface area contributed by atoms with E-state index in [0.29, 0.717) is 29.3 Å². The van der Waals surface area contributed by atoms with Crippen molar-refractivity contribution < 1.29 is 4.79 Å². The lowest BCUT2D eigenvalue weighted by atomic mass is 10.2. The van der Waals surface area contributed by atoms with Crippen LogP contribution in [0.3, 0.4) is 0 Å². The molecule has 0 fully saturated rings. The fourth-order valence-electron chi connectivity index (χ4n) is 1.55. The molecule has 1 amide bonds. The molecule has 1 heterocycles. The first-order valence-corrected chi connectivity index (χ1v) is 7.19. The average molecular weight is 299 g/mol. The van der Waals surface area contributed by atoms with Gasteiger partial charge < -0.3 is 10.2 Å². The second-order valence-corrected chi connectivity index (χ2v) is 6.00. The van der Waals surface area contributed by atoms with Crippen molar-refractivity contribution in [2.45, 2.75) is 33.6 Å². The SMILES string of the molecule is CC(C)CNC(=O)CN(C)c1cc(Cl)nc(C(C)C)n1. The second-order valence-electron chi connectivity index (χ2n) is 5.62. The predicted octanol–water partition coefficient (Wildman–Crippen LogP) is 2.46. The molecule has 6 heteroatoms. The summed E-state index contributed by atoms with van der Waals surface area (Å²) in [6.07, 6.45) is 0. The molecule has 0 saturated heterocycles. The van der Waals surface area contributed by atoms with Gasteiger partial charge in [-0.2, -0.15) is 0 Å². The molecule has 0 unspecified atom stereocenters. The molecule has 1 aromatic heterocycles. The third-order valence-electron chi connectivity index (χ3n) is 2.69. The largest absolute Gasteiger partial charge is 0.354 e. The van der Waals surface area contributed by atoms with Crippen LogP contribution in [0.2, 0.25) is 5.15 Å². The van der Waals surface area contributed by atoms with E-state index < -0.39 is 0 Å². The predicted molar refractivity (Wildman–Crippen MR) is 82.2 cm³/mol. The molecule has 0 bridgehead atoms. The van der Waals surface area contributed by atoms with E-state index in [4.69, 9.17) is 11.6 Å². The highest BCUT2D eigenvalue weighted by Gasteiger charge is 2.13. The van der Waals surface area contributed by atoms with Crippen molar-refractivity contribution in [3.05, 3.63) is 17.0 Å². The fourth-order valence-corrected chi connectivity index (χ4v) is 1.73. The Bertz CT molecular complexity index is 462. The molecule has 1 aromatic rings. The minimum Gasteiger partial charge on any atom is -0.354 e. The van der Waals surface area contributed by atoms with Gasteiger partial charge in [-0.15, -0.1) is 0 Å². The van der Waals surface area contributed by atoms with Crippen LogP contribution in [-0.2, 0) is 4.79 Å². The molecule has 0 atom stereocenters. The number of anilines is 1. The van der Waals surface area contributed by atoms with E-state index in [9.17, 15) is 4.79 Å². The summed E-state index contributed by atoms with van der Waals surface area (Å²) in [5, 5.41) is 3.27. The summed E-state index contributed by atoms with van der Waals surface area (Å²) in [6.45, 7) is 9.05. The van der Waals surface area contributed by atoms with E-state index in [1.807, 2.05) is 20.9 Å². The second kappa shape index (κ2) is 7.43. The number of rotatable bonds is 6. The van der Waals surface area contributed by atoms with Crippen LogP contribution >= 0.6 is 11.6 Å². The van der Waals surface area contributed by atoms with E-state index in [0.717, 1.165) is 0 Å². The molecule has 5 nitrogen and oxygen atoms in total. The lowest BCUT2D eigenvalue weighted by molar-refractivity contribution is -0.119. The third kappa shape index (κ3) is 5.33. The molecule has 0 saturated carbocycles. The number of halogens is 1. The lowest BCUT2D eigenvalue weighted by Crippen LogP contribution is -2.37. The number of carbonyl (C=O) groups excluding carboxylic acids is 1. The molecule has 20 heavy (non-hydrogen) atoms. The molecule has 0 aromatic carbocycles. The summed E-state index contributed by atoms with van der Waals surface area (Å²) in [5.41, 5.74) is 0. The smallest absolute Gasteiger partial charge is 0.239 e. The fraction of sp³-hybridized carbons (Fsp3) is 0.643. The number of carbonyl (C=O) groups is 1. The molecular weight excluding hydrogens is 276 g/mol. The maximum atomic E-state index is 11.8. The highest BCUT2D eigenvalue weighted by molar-refractivity contribution is 6.29. The topological polar surface area (TPSA) is 58.1 Å². The summed E-state index contributed by atoms with van der Waals surface area (Å²) in [7, 11) is 1.82. The molecular formula is C14H23ClN4O. The summed E-state index contributed by atoms with van der Waals surface area (Å²) in [4.78, 5) is 22.2. The lowest BCUT2D eigenvalue weighted by Gasteiger charge is -2.19. The van der Waals surface area contributed by atoms with Gasteiger partial charge in [-0.3, -0.25) is 4.79 Å². The number of likely N-dealkylation sites (N-methyl/N-ethyl adjacent to an activating group) is 1. The number of nitrogens with zero attached hydrogens (tertiary/aromatic N) is 3. The number of aromatic nitrogens is 2. The van der Waals surface area contributed by atoms with Crippen LogP contribution in [-0.4, -0.2) is 36.0 Å². The number of nitrogens with one attached hydrogen (secondary N) is 1. The highest BCUT2D eigenvalue weighted by Crippen LogP contribution is 2.19. The average Bonchev–Trinajstić information content (AvgIpc) is 2.35. The van der Waals surface area contributed by atoms with Gasteiger partial charge in [0.2, 0.25) is 5.91 Å². The maximum absolute atomic E-state index is 11.8. The van der Waals surface area contributed by atoms with Gasteiger partial charge in [-0.1, -0.05) is 39.3 Å². The molecule has 0 aliphatic heterocycles. The minimum atomic E-state index is -0.0259. The van der Waals surface area contributed by atoms with Gasteiger partial charge >= 0.3 is 0 Å². The molecule has 0 aliphatic carbocycles. The Morgan fingerprint density at radius 1 is 1.35 bits per heavy atom. The molecule has 112 valence electrons. The standard InChI is InChI=1S/C14H23ClN4O/c1-9(2)7-16-13(20)8-19(5)12-6-11(15)17-14(18-12)10(3)4/h6,9-10H,7-8H2,1-5H3,(H,16,20). The number of amides is 1. The first-order valence-electron chi connectivity index (χ1n) is 6.82. The molecule has 0 spiro atoms. The van der Waals surface area contributed by atoms with Crippen LogP contribution in [0, 0.1) is 5.92 Å². The van der Waals surface area contributed by atoms with Crippen molar-refractivity contribution in [3.8, 4) is 0 Å². The quantitative estimate of drug-likeness (QED) is 0.820. The van der Waals surface area contributed by atoms with Crippen LogP contribution in [0.25, 0.3) is 0 Å². The van der Waals surface area contributed by atoms with Crippen LogP contribution < -0.4 is 10.2 Å². The van der Waals surface area contributed by atoms with Crippen molar-refractivity contribution >= 4 is 23.3 Å². The van der Waals surface area contributed by atoms with Gasteiger partial charge in [0.1, 0.15) is 16.8 Å². The van der Waals surface area contributed by atoms with Gasteiger partial charge in [0, 0.05) is 25.6 Å². The molecule has 0 radical (unpaired) electrons. The monoisotopic (exact) mass is 298 g/mol. The number of hydrogen-bond acceptors (Lipinski definition) is 4. The third-order valence-corrected chi connectivity index (χ3v) is 2.89.